The highest BCUT2D eigenvalue weighted by Gasteiger charge is 2.16. The molecule has 0 aliphatic carbocycles. The third-order valence-corrected chi connectivity index (χ3v) is 2.83. The molecule has 1 aliphatic heterocycles. The summed E-state index contributed by atoms with van der Waals surface area (Å²) in [5, 5.41) is 3.07. The number of nitrogen functional groups attached to an aromatic ring is 1. The standard InChI is InChI=1S/C12H18N4O2/c13-10-2-1-4-14-12(10)15-5-3-11(17)16-6-8-18-9-7-16/h1-2,4H,3,5-9,13H2,(H,14,15). The van der Waals surface area contributed by atoms with Crippen LogP contribution in [0.3, 0.4) is 0 Å². The summed E-state index contributed by atoms with van der Waals surface area (Å²) in [6.45, 7) is 3.17. The van der Waals surface area contributed by atoms with Crippen molar-refractivity contribution in [3.63, 3.8) is 0 Å². The topological polar surface area (TPSA) is 80.5 Å². The number of rotatable bonds is 4. The van der Waals surface area contributed by atoms with Gasteiger partial charge in [-0.3, -0.25) is 4.79 Å². The number of nitrogens with two attached hydrogens (primary N) is 1. The Kier molecular flexibility index (Phi) is 4.35. The van der Waals surface area contributed by atoms with E-state index in [4.69, 9.17) is 10.5 Å². The van der Waals surface area contributed by atoms with E-state index < -0.39 is 0 Å². The predicted octanol–water partition coefficient (Wildman–Crippen LogP) is 0.325. The van der Waals surface area contributed by atoms with Crippen LogP contribution in [0.4, 0.5) is 11.5 Å². The molecule has 2 rings (SSSR count). The monoisotopic (exact) mass is 250 g/mol. The summed E-state index contributed by atoms with van der Waals surface area (Å²) < 4.78 is 5.20. The van der Waals surface area contributed by atoms with Crippen LogP contribution in [-0.4, -0.2) is 48.6 Å². The molecular formula is C12H18N4O2. The van der Waals surface area contributed by atoms with Crippen LogP contribution in [0.15, 0.2) is 18.3 Å². The van der Waals surface area contributed by atoms with Gasteiger partial charge in [0.1, 0.15) is 5.82 Å². The van der Waals surface area contributed by atoms with Crippen LogP contribution in [0, 0.1) is 0 Å². The lowest BCUT2D eigenvalue weighted by molar-refractivity contribution is -0.134. The summed E-state index contributed by atoms with van der Waals surface area (Å²) in [6.07, 6.45) is 2.11. The molecule has 1 aromatic rings. The summed E-state index contributed by atoms with van der Waals surface area (Å²) in [5.74, 6) is 0.771. The minimum atomic E-state index is 0.139. The highest BCUT2D eigenvalue weighted by Crippen LogP contribution is 2.12. The second-order valence-corrected chi connectivity index (χ2v) is 4.11. The summed E-state index contributed by atoms with van der Waals surface area (Å²) in [7, 11) is 0. The number of hydrogen-bond acceptors (Lipinski definition) is 5. The van der Waals surface area contributed by atoms with Crippen molar-refractivity contribution in [3.8, 4) is 0 Å². The Morgan fingerprint density at radius 3 is 3.00 bits per heavy atom. The van der Waals surface area contributed by atoms with E-state index in [1.807, 2.05) is 4.90 Å². The van der Waals surface area contributed by atoms with E-state index in [-0.39, 0.29) is 5.91 Å². The van der Waals surface area contributed by atoms with Gasteiger partial charge in [0.2, 0.25) is 5.91 Å². The van der Waals surface area contributed by atoms with Gasteiger partial charge in [-0.25, -0.2) is 4.98 Å². The lowest BCUT2D eigenvalue weighted by Crippen LogP contribution is -2.41. The van der Waals surface area contributed by atoms with E-state index in [0.717, 1.165) is 0 Å². The number of nitrogens with zero attached hydrogens (tertiary/aromatic N) is 2. The zero-order valence-electron chi connectivity index (χ0n) is 10.3. The predicted molar refractivity (Wildman–Crippen MR) is 69.2 cm³/mol. The molecule has 6 heteroatoms. The van der Waals surface area contributed by atoms with Gasteiger partial charge in [-0.1, -0.05) is 0 Å². The Labute approximate surface area is 106 Å². The maximum Gasteiger partial charge on any atom is 0.224 e. The van der Waals surface area contributed by atoms with Crippen molar-refractivity contribution in [2.24, 2.45) is 0 Å². The number of morpholine rings is 1. The maximum atomic E-state index is 11.9. The molecule has 1 saturated heterocycles. The first kappa shape index (κ1) is 12.6. The summed E-state index contributed by atoms with van der Waals surface area (Å²) in [4.78, 5) is 17.8. The van der Waals surface area contributed by atoms with Gasteiger partial charge < -0.3 is 20.7 Å². The number of pyridine rings is 1. The second kappa shape index (κ2) is 6.20. The quantitative estimate of drug-likeness (QED) is 0.804. The zero-order chi connectivity index (χ0) is 12.8. The molecule has 0 saturated carbocycles. The Bertz CT molecular complexity index is 405. The van der Waals surface area contributed by atoms with Crippen LogP contribution in [-0.2, 0) is 9.53 Å². The van der Waals surface area contributed by atoms with Gasteiger partial charge in [0.05, 0.1) is 18.9 Å². The number of hydrogen-bond donors (Lipinski definition) is 2. The van der Waals surface area contributed by atoms with Crippen LogP contribution >= 0.6 is 0 Å². The molecule has 98 valence electrons. The minimum Gasteiger partial charge on any atom is -0.396 e. The lowest BCUT2D eigenvalue weighted by Gasteiger charge is -2.26. The van der Waals surface area contributed by atoms with Crippen molar-refractivity contribution >= 4 is 17.4 Å². The Morgan fingerprint density at radius 2 is 2.28 bits per heavy atom. The van der Waals surface area contributed by atoms with Crippen LogP contribution in [0.25, 0.3) is 0 Å². The van der Waals surface area contributed by atoms with Gasteiger partial charge in [-0.05, 0) is 12.1 Å². The fourth-order valence-corrected chi connectivity index (χ4v) is 1.82. The smallest absolute Gasteiger partial charge is 0.224 e. The molecule has 0 aromatic carbocycles. The van der Waals surface area contributed by atoms with Crippen LogP contribution in [0.5, 0.6) is 0 Å². The molecule has 0 atom stereocenters. The Hall–Kier alpha value is -1.82. The molecule has 0 unspecified atom stereocenters. The molecule has 3 N–H and O–H groups in total. The molecular weight excluding hydrogens is 232 g/mol. The van der Waals surface area contributed by atoms with E-state index in [1.54, 1.807) is 18.3 Å². The molecule has 1 aliphatic rings. The average Bonchev–Trinajstić information content (AvgIpc) is 2.42. The van der Waals surface area contributed by atoms with Gasteiger partial charge in [0.25, 0.3) is 0 Å². The van der Waals surface area contributed by atoms with Crippen molar-refractivity contribution in [1.29, 1.82) is 0 Å². The highest BCUT2D eigenvalue weighted by molar-refractivity contribution is 5.77. The lowest BCUT2D eigenvalue weighted by atomic mass is 10.3. The number of carbonyl (C=O) groups excluding carboxylic acids is 1. The number of anilines is 2. The molecule has 6 nitrogen and oxygen atoms in total. The Morgan fingerprint density at radius 1 is 1.50 bits per heavy atom. The molecule has 18 heavy (non-hydrogen) atoms. The second-order valence-electron chi connectivity index (χ2n) is 4.11. The Balaban J connectivity index is 1.75. The molecule has 0 radical (unpaired) electrons. The molecule has 0 spiro atoms. The molecule has 1 amide bonds. The first-order valence-electron chi connectivity index (χ1n) is 6.07. The normalized spacial score (nSPS) is 15.4. The van der Waals surface area contributed by atoms with Gasteiger partial charge in [0.15, 0.2) is 0 Å². The first-order chi connectivity index (χ1) is 8.77. The maximum absolute atomic E-state index is 11.9. The van der Waals surface area contributed by atoms with Crippen molar-refractivity contribution in [3.05, 3.63) is 18.3 Å². The SMILES string of the molecule is Nc1cccnc1NCCC(=O)N1CCOCC1. The molecule has 1 fully saturated rings. The van der Waals surface area contributed by atoms with Gasteiger partial charge in [-0.15, -0.1) is 0 Å². The van der Waals surface area contributed by atoms with E-state index in [9.17, 15) is 4.79 Å². The highest BCUT2D eigenvalue weighted by atomic mass is 16.5. The summed E-state index contributed by atoms with van der Waals surface area (Å²) >= 11 is 0. The number of aromatic nitrogens is 1. The van der Waals surface area contributed by atoms with Crippen LogP contribution < -0.4 is 11.1 Å². The largest absolute Gasteiger partial charge is 0.396 e. The van der Waals surface area contributed by atoms with Gasteiger partial charge in [-0.2, -0.15) is 0 Å². The van der Waals surface area contributed by atoms with Crippen molar-refractivity contribution in [1.82, 2.24) is 9.88 Å². The third kappa shape index (κ3) is 3.33. The minimum absolute atomic E-state index is 0.139. The number of ether oxygens (including phenoxy) is 1. The average molecular weight is 250 g/mol. The molecule has 1 aromatic heterocycles. The van der Waals surface area contributed by atoms with E-state index in [2.05, 4.69) is 10.3 Å². The van der Waals surface area contributed by atoms with E-state index in [1.165, 1.54) is 0 Å². The van der Waals surface area contributed by atoms with Crippen LogP contribution in [0.1, 0.15) is 6.42 Å². The number of amides is 1. The molecule has 2 heterocycles. The fraction of sp³-hybridized carbons (Fsp3) is 0.500. The van der Waals surface area contributed by atoms with Crippen molar-refractivity contribution in [2.75, 3.05) is 43.9 Å². The zero-order valence-corrected chi connectivity index (χ0v) is 10.3. The van der Waals surface area contributed by atoms with Crippen LogP contribution in [0.2, 0.25) is 0 Å². The number of carbonyl (C=O) groups is 1. The number of nitrogens with one attached hydrogen (secondary N) is 1. The van der Waals surface area contributed by atoms with Gasteiger partial charge >= 0.3 is 0 Å². The summed E-state index contributed by atoms with van der Waals surface area (Å²) in [5.41, 5.74) is 6.34. The first-order valence-corrected chi connectivity index (χ1v) is 6.07. The third-order valence-electron chi connectivity index (χ3n) is 2.83. The van der Waals surface area contributed by atoms with Crippen molar-refractivity contribution < 1.29 is 9.53 Å². The fourth-order valence-electron chi connectivity index (χ4n) is 1.82. The molecule has 0 bridgehead atoms. The van der Waals surface area contributed by atoms with Crippen molar-refractivity contribution in [2.45, 2.75) is 6.42 Å². The van der Waals surface area contributed by atoms with E-state index in [0.29, 0.717) is 50.8 Å². The summed E-state index contributed by atoms with van der Waals surface area (Å²) in [6, 6.07) is 3.55. The van der Waals surface area contributed by atoms with E-state index >= 15 is 0 Å². The van der Waals surface area contributed by atoms with Gasteiger partial charge in [0, 0.05) is 32.3 Å².